The maximum atomic E-state index is 13.5. The summed E-state index contributed by atoms with van der Waals surface area (Å²) in [5.41, 5.74) is 0.861. The van der Waals surface area contributed by atoms with Crippen molar-refractivity contribution in [2.24, 2.45) is 40.4 Å². The van der Waals surface area contributed by atoms with Crippen LogP contribution in [0.5, 0.6) is 0 Å². The van der Waals surface area contributed by atoms with Gasteiger partial charge in [-0.05, 0) is 131 Å². The molecule has 46 heavy (non-hydrogen) atoms. The topological polar surface area (TPSA) is 67.8 Å². The second kappa shape index (κ2) is 12.4. The summed E-state index contributed by atoms with van der Waals surface area (Å²) in [5.74, 6) is 2.28. The van der Waals surface area contributed by atoms with Gasteiger partial charge in [0.2, 0.25) is 5.91 Å². The highest BCUT2D eigenvalue weighted by Crippen LogP contribution is 2.68. The molecule has 0 radical (unpaired) electrons. The van der Waals surface area contributed by atoms with Crippen LogP contribution in [0.1, 0.15) is 128 Å². The van der Waals surface area contributed by atoms with Gasteiger partial charge in [-0.25, -0.2) is 0 Å². The zero-order valence-electron chi connectivity index (χ0n) is 32.8. The second-order valence-corrected chi connectivity index (χ2v) is 29.8. The number of carbonyl (C=O) groups excluding carboxylic acids is 1. The minimum absolute atomic E-state index is 0.0241. The van der Waals surface area contributed by atoms with E-state index >= 15 is 0 Å². The molecule has 3 saturated carbocycles. The molecule has 0 aromatic heterocycles. The first-order chi connectivity index (χ1) is 20.7. The summed E-state index contributed by atoms with van der Waals surface area (Å²) in [5, 5.41) is 14.0. The predicted octanol–water partition coefficient (Wildman–Crippen LogP) is 9.87. The first-order valence-corrected chi connectivity index (χ1v) is 24.6. The van der Waals surface area contributed by atoms with Crippen molar-refractivity contribution in [1.82, 2.24) is 5.32 Å². The van der Waals surface area contributed by atoms with Gasteiger partial charge in [-0.2, -0.15) is 0 Å². The smallest absolute Gasteiger partial charge is 0.223 e. The third-order valence-electron chi connectivity index (χ3n) is 15.1. The Morgan fingerprint density at radius 2 is 1.48 bits per heavy atom. The number of aliphatic hydroxyl groups is 1. The number of allylic oxidation sites excluding steroid dienone is 1. The lowest BCUT2D eigenvalue weighted by Crippen LogP contribution is -2.60. The summed E-state index contributed by atoms with van der Waals surface area (Å²) >= 11 is 0. The van der Waals surface area contributed by atoms with E-state index in [0.29, 0.717) is 23.7 Å². The van der Waals surface area contributed by atoms with Crippen LogP contribution >= 0.6 is 0 Å². The third kappa shape index (κ3) is 6.81. The van der Waals surface area contributed by atoms with E-state index < -0.39 is 22.2 Å². The summed E-state index contributed by atoms with van der Waals surface area (Å²) in [6.07, 6.45) is 11.0. The summed E-state index contributed by atoms with van der Waals surface area (Å²) in [6, 6.07) is -0.279. The molecule has 266 valence electrons. The van der Waals surface area contributed by atoms with Gasteiger partial charge in [0, 0.05) is 11.3 Å². The lowest BCUT2D eigenvalue weighted by atomic mass is 9.46. The normalized spacial score (nSPS) is 37.0. The second-order valence-electron chi connectivity index (χ2n) is 20.3. The van der Waals surface area contributed by atoms with Crippen LogP contribution in [0.4, 0.5) is 0 Å². The monoisotopic (exact) mass is 676 g/mol. The Morgan fingerprint density at radius 3 is 2.02 bits per heavy atom. The van der Waals surface area contributed by atoms with E-state index in [-0.39, 0.29) is 51.0 Å². The third-order valence-corrected chi connectivity index (χ3v) is 24.2. The maximum Gasteiger partial charge on any atom is 0.223 e. The van der Waals surface area contributed by atoms with Crippen LogP contribution in [-0.4, -0.2) is 51.5 Å². The van der Waals surface area contributed by atoms with Crippen molar-refractivity contribution in [2.45, 2.75) is 188 Å². The molecule has 7 heteroatoms. The molecule has 3 fully saturated rings. The van der Waals surface area contributed by atoms with Crippen LogP contribution in [0.25, 0.3) is 0 Å². The molecule has 0 unspecified atom stereocenters. The van der Waals surface area contributed by atoms with Gasteiger partial charge in [0.15, 0.2) is 16.6 Å². The Bertz CT molecular complexity index is 1160. The average molecular weight is 676 g/mol. The molecule has 0 aromatic rings. The van der Waals surface area contributed by atoms with Gasteiger partial charge < -0.3 is 19.3 Å². The van der Waals surface area contributed by atoms with Crippen molar-refractivity contribution in [3.63, 3.8) is 0 Å². The van der Waals surface area contributed by atoms with E-state index in [1.54, 1.807) is 19.4 Å². The number of nitrogens with one attached hydrogen (secondary N) is 1. The molecular formula is C39H73NO4Si2. The highest BCUT2D eigenvalue weighted by molar-refractivity contribution is 6.74. The summed E-state index contributed by atoms with van der Waals surface area (Å²) in [7, 11) is -3.96. The Labute approximate surface area is 286 Å². The van der Waals surface area contributed by atoms with Crippen LogP contribution in [0, 0.1) is 40.4 Å². The molecular weight excluding hydrogens is 603 g/mol. The van der Waals surface area contributed by atoms with Crippen molar-refractivity contribution in [3.05, 3.63) is 11.6 Å². The Kier molecular flexibility index (Phi) is 10.3. The lowest BCUT2D eigenvalue weighted by molar-refractivity contribution is -0.133. The fraction of sp³-hybridized carbons (Fsp3) is 0.923. The molecule has 0 bridgehead atoms. The molecule has 4 rings (SSSR count). The van der Waals surface area contributed by atoms with Crippen LogP contribution in [0.3, 0.4) is 0 Å². The molecule has 0 saturated heterocycles. The molecule has 0 aliphatic heterocycles. The number of fused-ring (bicyclic) bond motifs is 5. The largest absolute Gasteiger partial charge is 0.414 e. The predicted molar refractivity (Wildman–Crippen MR) is 198 cm³/mol. The standard InChI is InChI=1S/C39H73NO4Si2/c1-25(34(41)40-26(2)37(9,10)42)30-19-20-31-29-18-17-27-23-28(43-45(13,14)35(3,4)5)24-33(44-46(15,16)36(6,7)8)39(27,12)32(29)21-22-38(30,31)11/h17,25-26,28-33,42H,18-24H2,1-16H3,(H,40,41)/t25-,26+,28+,29-,30+,31-,32-,33-,38+,39-/m0/s1. The molecule has 0 heterocycles. The summed E-state index contributed by atoms with van der Waals surface area (Å²) in [4.78, 5) is 13.5. The zero-order chi connectivity index (χ0) is 35.1. The van der Waals surface area contributed by atoms with Crippen molar-refractivity contribution < 1.29 is 18.8 Å². The minimum Gasteiger partial charge on any atom is -0.414 e. The van der Waals surface area contributed by atoms with Crippen molar-refractivity contribution in [3.8, 4) is 0 Å². The first kappa shape index (κ1) is 38.3. The van der Waals surface area contributed by atoms with Gasteiger partial charge in [0.1, 0.15) is 0 Å². The zero-order valence-corrected chi connectivity index (χ0v) is 34.8. The first-order valence-electron chi connectivity index (χ1n) is 18.7. The summed E-state index contributed by atoms with van der Waals surface area (Å²) < 4.78 is 14.7. The van der Waals surface area contributed by atoms with Gasteiger partial charge in [0.05, 0.1) is 23.9 Å². The number of carbonyl (C=O) groups is 1. The molecule has 10 atom stereocenters. The van der Waals surface area contributed by atoms with Crippen LogP contribution in [-0.2, 0) is 13.6 Å². The van der Waals surface area contributed by atoms with Gasteiger partial charge in [-0.15, -0.1) is 0 Å². The fourth-order valence-corrected chi connectivity index (χ4v) is 12.4. The van der Waals surface area contributed by atoms with Crippen molar-refractivity contribution in [1.29, 1.82) is 0 Å². The van der Waals surface area contributed by atoms with E-state index in [4.69, 9.17) is 8.85 Å². The molecule has 4 aliphatic rings. The van der Waals surface area contributed by atoms with Crippen LogP contribution < -0.4 is 5.32 Å². The number of rotatable bonds is 8. The number of hydrogen-bond acceptors (Lipinski definition) is 4. The van der Waals surface area contributed by atoms with Crippen LogP contribution in [0.2, 0.25) is 36.3 Å². The SMILES string of the molecule is C[C@H](C(=O)N[C@H](C)C(C)(C)O)[C@H]1CC[C@H]2[C@@H]3CC=C4C[C@@H](O[Si](C)(C)C(C)(C)C)C[C@H](O[Si](C)(C)C(C)(C)C)[C@]4(C)[C@H]3CC[C@]12C. The maximum absolute atomic E-state index is 13.5. The Hall–Kier alpha value is -0.476. The van der Waals surface area contributed by atoms with Gasteiger partial charge in [0.25, 0.3) is 0 Å². The minimum atomic E-state index is -2.04. The molecule has 4 aliphatic carbocycles. The van der Waals surface area contributed by atoms with E-state index in [0.717, 1.165) is 25.7 Å². The highest BCUT2D eigenvalue weighted by atomic mass is 28.4. The van der Waals surface area contributed by atoms with Crippen molar-refractivity contribution >= 4 is 22.5 Å². The van der Waals surface area contributed by atoms with E-state index in [9.17, 15) is 9.90 Å². The van der Waals surface area contributed by atoms with Crippen molar-refractivity contribution in [2.75, 3.05) is 0 Å². The highest BCUT2D eigenvalue weighted by Gasteiger charge is 2.63. The molecule has 0 aromatic carbocycles. The molecule has 2 N–H and O–H groups in total. The van der Waals surface area contributed by atoms with Gasteiger partial charge in [-0.3, -0.25) is 4.79 Å². The van der Waals surface area contributed by atoms with E-state index in [2.05, 4.69) is 99.9 Å². The number of hydrogen-bond donors (Lipinski definition) is 2. The van der Waals surface area contributed by atoms with E-state index in [1.807, 2.05) is 6.92 Å². The Morgan fingerprint density at radius 1 is 0.913 bits per heavy atom. The molecule has 1 amide bonds. The molecule has 0 spiro atoms. The van der Waals surface area contributed by atoms with Gasteiger partial charge in [-0.1, -0.05) is 74.0 Å². The van der Waals surface area contributed by atoms with Gasteiger partial charge >= 0.3 is 0 Å². The summed E-state index contributed by atoms with van der Waals surface area (Å²) in [6.45, 7) is 36.6. The average Bonchev–Trinajstić information content (AvgIpc) is 3.23. The number of amides is 1. The lowest BCUT2D eigenvalue weighted by Gasteiger charge is -2.62. The van der Waals surface area contributed by atoms with Crippen LogP contribution in [0.15, 0.2) is 11.6 Å². The Balaban J connectivity index is 1.64. The van der Waals surface area contributed by atoms with E-state index in [1.165, 1.54) is 19.3 Å². The quantitative estimate of drug-likeness (QED) is 0.199. The fourth-order valence-electron chi connectivity index (χ4n) is 9.61. The molecule has 5 nitrogen and oxygen atoms in total.